The van der Waals surface area contributed by atoms with Gasteiger partial charge in [-0.15, -0.1) is 0 Å². The van der Waals surface area contributed by atoms with E-state index < -0.39 is 0 Å². The largest absolute Gasteiger partial charge is 0.492 e. The van der Waals surface area contributed by atoms with Crippen molar-refractivity contribution >= 4 is 22.9 Å². The van der Waals surface area contributed by atoms with Crippen LogP contribution in [0.3, 0.4) is 0 Å². The Kier molecular flexibility index (Phi) is 5.01. The Morgan fingerprint density at radius 3 is 2.46 bits per heavy atom. The van der Waals surface area contributed by atoms with Crippen LogP contribution in [-0.4, -0.2) is 22.1 Å². The maximum absolute atomic E-state index is 13.1. The zero-order valence-electron chi connectivity index (χ0n) is 15.0. The maximum Gasteiger partial charge on any atom is 0.257 e. The number of hydrogen-bond donors (Lipinski definition) is 1. The first-order chi connectivity index (χ1) is 13.7. The van der Waals surface area contributed by atoms with E-state index in [1.807, 2.05) is 59.2 Å². The fraction of sp³-hybridized carbons (Fsp3) is 0.0909. The van der Waals surface area contributed by atoms with Crippen LogP contribution in [0.1, 0.15) is 10.4 Å². The van der Waals surface area contributed by atoms with Crippen LogP contribution in [-0.2, 0) is 6.54 Å². The molecule has 0 atom stereocenters. The first-order valence-electron chi connectivity index (χ1n) is 8.91. The molecular weight excluding hydrogens is 357 g/mol. The normalized spacial score (nSPS) is 10.8. The number of para-hydroxylation sites is 3. The van der Waals surface area contributed by atoms with E-state index in [0.717, 1.165) is 16.8 Å². The van der Waals surface area contributed by atoms with E-state index in [1.54, 1.807) is 0 Å². The molecule has 0 saturated heterocycles. The highest BCUT2D eigenvalue weighted by Gasteiger charge is 2.14. The number of imidazole rings is 1. The Labute approximate surface area is 161 Å². The number of amides is 1. The molecule has 140 valence electrons. The molecule has 1 amide bonds. The number of aromatic nitrogens is 2. The second-order valence-corrected chi connectivity index (χ2v) is 6.20. The standard InChI is InChI=1S/C22H18FN3O2/c23-17-12-10-16(11-13-17)21(27)25-22-24-19-8-4-5-9-20(19)26(22)14-15-28-18-6-2-1-3-7-18/h1-13H,14-15H2,(H,24,25,27). The molecule has 4 aromatic rings. The summed E-state index contributed by atoms with van der Waals surface area (Å²) < 4.78 is 20.8. The molecule has 0 radical (unpaired) electrons. The van der Waals surface area contributed by atoms with Gasteiger partial charge in [0.25, 0.3) is 5.91 Å². The van der Waals surface area contributed by atoms with Gasteiger partial charge in [0.15, 0.2) is 0 Å². The first-order valence-corrected chi connectivity index (χ1v) is 8.91. The number of halogens is 1. The number of carbonyl (C=O) groups excluding carboxylic acids is 1. The summed E-state index contributed by atoms with van der Waals surface area (Å²) in [5.74, 6) is 0.471. The van der Waals surface area contributed by atoms with E-state index in [1.165, 1.54) is 24.3 Å². The van der Waals surface area contributed by atoms with Gasteiger partial charge in [0.1, 0.15) is 18.2 Å². The van der Waals surface area contributed by atoms with E-state index in [-0.39, 0.29) is 11.7 Å². The van der Waals surface area contributed by atoms with Gasteiger partial charge in [-0.05, 0) is 48.5 Å². The minimum atomic E-state index is -0.387. The molecule has 3 aromatic carbocycles. The van der Waals surface area contributed by atoms with Crippen LogP contribution in [0.5, 0.6) is 5.75 Å². The third kappa shape index (κ3) is 3.86. The van der Waals surface area contributed by atoms with Gasteiger partial charge in [-0.25, -0.2) is 9.37 Å². The molecule has 5 nitrogen and oxygen atoms in total. The summed E-state index contributed by atoms with van der Waals surface area (Å²) in [5.41, 5.74) is 2.03. The molecule has 1 heterocycles. The maximum atomic E-state index is 13.1. The molecule has 0 aliphatic heterocycles. The van der Waals surface area contributed by atoms with Crippen LogP contribution in [0, 0.1) is 5.82 Å². The Morgan fingerprint density at radius 2 is 1.68 bits per heavy atom. The number of carbonyl (C=O) groups is 1. The number of nitrogens with zero attached hydrogens (tertiary/aromatic N) is 2. The van der Waals surface area contributed by atoms with E-state index in [2.05, 4.69) is 10.3 Å². The third-order valence-corrected chi connectivity index (χ3v) is 4.31. The van der Waals surface area contributed by atoms with Gasteiger partial charge in [-0.3, -0.25) is 10.1 Å². The predicted octanol–water partition coefficient (Wildman–Crippen LogP) is 4.51. The van der Waals surface area contributed by atoms with Crippen molar-refractivity contribution in [1.82, 2.24) is 9.55 Å². The van der Waals surface area contributed by atoms with Gasteiger partial charge in [0, 0.05) is 5.56 Å². The highest BCUT2D eigenvalue weighted by molar-refractivity contribution is 6.04. The lowest BCUT2D eigenvalue weighted by molar-refractivity contribution is 0.102. The summed E-state index contributed by atoms with van der Waals surface area (Å²) in [6.45, 7) is 0.929. The predicted molar refractivity (Wildman–Crippen MR) is 106 cm³/mol. The van der Waals surface area contributed by atoms with Crippen LogP contribution in [0.15, 0.2) is 78.9 Å². The van der Waals surface area contributed by atoms with Crippen molar-refractivity contribution in [2.45, 2.75) is 6.54 Å². The summed E-state index contributed by atoms with van der Waals surface area (Å²) in [4.78, 5) is 17.1. The summed E-state index contributed by atoms with van der Waals surface area (Å²) in [6.07, 6.45) is 0. The van der Waals surface area contributed by atoms with Crippen molar-refractivity contribution in [3.05, 3.63) is 90.2 Å². The average molecular weight is 375 g/mol. The van der Waals surface area contributed by atoms with E-state index in [0.29, 0.717) is 24.7 Å². The number of nitrogens with one attached hydrogen (secondary N) is 1. The van der Waals surface area contributed by atoms with Gasteiger partial charge in [0.05, 0.1) is 17.6 Å². The van der Waals surface area contributed by atoms with Gasteiger partial charge in [-0.2, -0.15) is 0 Å². The van der Waals surface area contributed by atoms with Gasteiger partial charge in [0.2, 0.25) is 5.95 Å². The number of rotatable bonds is 6. The SMILES string of the molecule is O=C(Nc1nc2ccccc2n1CCOc1ccccc1)c1ccc(F)cc1. The quantitative estimate of drug-likeness (QED) is 0.540. The summed E-state index contributed by atoms with van der Waals surface area (Å²) in [6, 6.07) is 22.6. The Bertz CT molecular complexity index is 1090. The van der Waals surface area contributed by atoms with Crippen molar-refractivity contribution in [1.29, 1.82) is 0 Å². The summed E-state index contributed by atoms with van der Waals surface area (Å²) >= 11 is 0. The fourth-order valence-corrected chi connectivity index (χ4v) is 2.94. The monoisotopic (exact) mass is 375 g/mol. The van der Waals surface area contributed by atoms with Crippen LogP contribution in [0.4, 0.5) is 10.3 Å². The minimum absolute atomic E-state index is 0.347. The smallest absolute Gasteiger partial charge is 0.257 e. The van der Waals surface area contributed by atoms with Crippen LogP contribution >= 0.6 is 0 Å². The molecule has 0 spiro atoms. The highest BCUT2D eigenvalue weighted by Crippen LogP contribution is 2.20. The average Bonchev–Trinajstić information content (AvgIpc) is 3.06. The summed E-state index contributed by atoms with van der Waals surface area (Å²) in [7, 11) is 0. The van der Waals surface area contributed by atoms with Gasteiger partial charge < -0.3 is 9.30 Å². The van der Waals surface area contributed by atoms with Gasteiger partial charge in [-0.1, -0.05) is 30.3 Å². The Hall–Kier alpha value is -3.67. The number of fused-ring (bicyclic) bond motifs is 1. The Balaban J connectivity index is 1.56. The lowest BCUT2D eigenvalue weighted by Gasteiger charge is -2.11. The molecule has 0 fully saturated rings. The second kappa shape index (κ2) is 7.92. The van der Waals surface area contributed by atoms with Crippen LogP contribution in [0.25, 0.3) is 11.0 Å². The van der Waals surface area contributed by atoms with Crippen molar-refractivity contribution < 1.29 is 13.9 Å². The zero-order valence-corrected chi connectivity index (χ0v) is 15.0. The summed E-state index contributed by atoms with van der Waals surface area (Å²) in [5, 5.41) is 2.82. The molecular formula is C22H18FN3O2. The fourth-order valence-electron chi connectivity index (χ4n) is 2.94. The molecule has 0 unspecified atom stereocenters. The molecule has 1 aromatic heterocycles. The molecule has 1 N–H and O–H groups in total. The second-order valence-electron chi connectivity index (χ2n) is 6.20. The van der Waals surface area contributed by atoms with E-state index in [4.69, 9.17) is 4.74 Å². The number of benzene rings is 3. The van der Waals surface area contributed by atoms with Crippen LogP contribution in [0.2, 0.25) is 0 Å². The number of ether oxygens (including phenoxy) is 1. The molecule has 0 aliphatic carbocycles. The van der Waals surface area contributed by atoms with Crippen LogP contribution < -0.4 is 10.1 Å². The molecule has 0 aliphatic rings. The lowest BCUT2D eigenvalue weighted by atomic mass is 10.2. The Morgan fingerprint density at radius 1 is 0.964 bits per heavy atom. The van der Waals surface area contributed by atoms with Crippen molar-refractivity contribution in [3.63, 3.8) is 0 Å². The highest BCUT2D eigenvalue weighted by atomic mass is 19.1. The minimum Gasteiger partial charge on any atom is -0.492 e. The molecule has 0 bridgehead atoms. The van der Waals surface area contributed by atoms with Crippen molar-refractivity contribution in [2.24, 2.45) is 0 Å². The lowest BCUT2D eigenvalue weighted by Crippen LogP contribution is -2.18. The molecule has 0 saturated carbocycles. The van der Waals surface area contributed by atoms with E-state index >= 15 is 0 Å². The number of anilines is 1. The van der Waals surface area contributed by atoms with Crippen molar-refractivity contribution in [2.75, 3.05) is 11.9 Å². The zero-order chi connectivity index (χ0) is 19.3. The number of hydrogen-bond acceptors (Lipinski definition) is 3. The molecule has 4 rings (SSSR count). The molecule has 28 heavy (non-hydrogen) atoms. The topological polar surface area (TPSA) is 56.2 Å². The first kappa shape index (κ1) is 17.7. The third-order valence-electron chi connectivity index (χ3n) is 4.31. The molecule has 6 heteroatoms. The van der Waals surface area contributed by atoms with E-state index in [9.17, 15) is 9.18 Å². The van der Waals surface area contributed by atoms with Crippen molar-refractivity contribution in [3.8, 4) is 5.75 Å². The van der Waals surface area contributed by atoms with Gasteiger partial charge >= 0.3 is 0 Å².